The SMILES string of the molecule is Cc1ncsc1-c1ccc(CNC(=O)[C@@H]2C[C@@H](O)CN2C(=O)[C@H](NC(=O)CCCCCCCCCCCCC(=O)C2CCC(CC(=O)c3cnc(Nc4ccc5cnccc5n4)cc3NC3CC3)CC2)C(C)(C)C)cc1. The molecule has 0 unspecified atom stereocenters. The molecular weight excluding hydrogens is 975 g/mol. The van der Waals surface area contributed by atoms with Gasteiger partial charge in [0.05, 0.1) is 39.0 Å². The van der Waals surface area contributed by atoms with Gasteiger partial charge in [-0.3, -0.25) is 29.0 Å². The Kier molecular flexibility index (Phi) is 19.8. The van der Waals surface area contributed by atoms with Gasteiger partial charge in [0.1, 0.15) is 29.5 Å². The van der Waals surface area contributed by atoms with Crippen molar-refractivity contribution in [1.82, 2.24) is 35.5 Å². The Bertz CT molecular complexity index is 2760. The second-order valence-electron chi connectivity index (χ2n) is 22.7. The summed E-state index contributed by atoms with van der Waals surface area (Å²) in [6.45, 7) is 8.01. The molecule has 0 bridgehead atoms. The number of pyridine rings is 3. The van der Waals surface area contributed by atoms with Crippen molar-refractivity contribution in [3.63, 3.8) is 0 Å². The van der Waals surface area contributed by atoms with Gasteiger partial charge in [0.25, 0.3) is 0 Å². The van der Waals surface area contributed by atoms with Crippen molar-refractivity contribution >= 4 is 68.9 Å². The largest absolute Gasteiger partial charge is 0.391 e. The third kappa shape index (κ3) is 16.0. The quantitative estimate of drug-likeness (QED) is 0.0246. The molecule has 2 aliphatic carbocycles. The van der Waals surface area contributed by atoms with E-state index in [0.29, 0.717) is 48.3 Å². The molecule has 4 aromatic heterocycles. The van der Waals surface area contributed by atoms with E-state index in [0.717, 1.165) is 141 Å². The molecule has 1 saturated heterocycles. The van der Waals surface area contributed by atoms with E-state index >= 15 is 0 Å². The third-order valence-corrected chi connectivity index (χ3v) is 16.4. The fourth-order valence-corrected chi connectivity index (χ4v) is 11.6. The van der Waals surface area contributed by atoms with E-state index in [1.807, 2.05) is 81.7 Å². The number of fused-ring (bicyclic) bond motifs is 1. The Morgan fingerprint density at radius 3 is 2.17 bits per heavy atom. The number of carbonyl (C=O) groups excluding carboxylic acids is 5. The molecule has 3 atom stereocenters. The number of thiazole rings is 1. The van der Waals surface area contributed by atoms with Crippen molar-refractivity contribution in [3.8, 4) is 10.4 Å². The van der Waals surface area contributed by atoms with Gasteiger partial charge in [-0.05, 0) is 98.9 Å². The molecule has 5 aromatic rings. The van der Waals surface area contributed by atoms with Crippen LogP contribution in [0.3, 0.4) is 0 Å². The maximum absolute atomic E-state index is 14.0. The number of unbranched alkanes of at least 4 members (excludes halogenated alkanes) is 9. The van der Waals surface area contributed by atoms with Crippen molar-refractivity contribution in [3.05, 3.63) is 89.5 Å². The number of likely N-dealkylation sites (tertiary alicyclic amines) is 1. The molecule has 3 amide bonds. The number of nitrogens with one attached hydrogen (secondary N) is 4. The van der Waals surface area contributed by atoms with Crippen LogP contribution in [0.1, 0.15) is 171 Å². The number of benzene rings is 1. The van der Waals surface area contributed by atoms with Crippen molar-refractivity contribution in [2.75, 3.05) is 17.2 Å². The number of aryl methyl sites for hydroxylation is 1. The smallest absolute Gasteiger partial charge is 0.246 e. The Labute approximate surface area is 452 Å². The number of amides is 3. The molecule has 3 aliphatic rings. The first-order chi connectivity index (χ1) is 36.7. The number of Topliss-reactive ketones (excluding diaryl/α,β-unsaturated/α-hetero) is 2. The summed E-state index contributed by atoms with van der Waals surface area (Å²) in [5.74, 6) is 1.32. The highest BCUT2D eigenvalue weighted by Crippen LogP contribution is 2.36. The average molecular weight is 1050 g/mol. The highest BCUT2D eigenvalue weighted by Gasteiger charge is 2.44. The summed E-state index contributed by atoms with van der Waals surface area (Å²) in [5, 5.41) is 24.4. The molecule has 5 heterocycles. The lowest BCUT2D eigenvalue weighted by Crippen LogP contribution is -2.57. The summed E-state index contributed by atoms with van der Waals surface area (Å²) in [4.78, 5) is 87.9. The average Bonchev–Trinajstić information content (AvgIpc) is 3.98. The Morgan fingerprint density at radius 2 is 1.50 bits per heavy atom. The zero-order valence-corrected chi connectivity index (χ0v) is 45.9. The van der Waals surface area contributed by atoms with Crippen LogP contribution in [0.5, 0.6) is 0 Å². The van der Waals surface area contributed by atoms with Crippen LogP contribution < -0.4 is 21.3 Å². The zero-order chi connectivity index (χ0) is 53.6. The Hall–Kier alpha value is -6.13. The minimum Gasteiger partial charge on any atom is -0.391 e. The van der Waals surface area contributed by atoms with Gasteiger partial charge in [0.15, 0.2) is 5.78 Å². The van der Waals surface area contributed by atoms with Gasteiger partial charge < -0.3 is 31.3 Å². The second-order valence-corrected chi connectivity index (χ2v) is 23.6. The van der Waals surface area contributed by atoms with E-state index in [9.17, 15) is 29.1 Å². The summed E-state index contributed by atoms with van der Waals surface area (Å²) >= 11 is 1.59. The number of carbonyl (C=O) groups is 5. The van der Waals surface area contributed by atoms with Gasteiger partial charge in [-0.15, -0.1) is 11.3 Å². The van der Waals surface area contributed by atoms with Crippen molar-refractivity contribution < 1.29 is 29.1 Å². The Balaban J connectivity index is 0.656. The summed E-state index contributed by atoms with van der Waals surface area (Å²) in [5.41, 5.74) is 6.47. The normalized spacial score (nSPS) is 19.0. The molecule has 16 heteroatoms. The number of nitrogens with zero attached hydrogens (tertiary/aromatic N) is 5. The molecular formula is C60H79N9O6S. The number of β-amino-alcohol motifs (C(OH)–C–C–N with tert-alkyl or cyclic N) is 1. The summed E-state index contributed by atoms with van der Waals surface area (Å²) in [7, 11) is 0. The molecule has 1 aliphatic heterocycles. The molecule has 1 aromatic carbocycles. The van der Waals surface area contributed by atoms with Crippen LogP contribution in [-0.4, -0.2) is 90.0 Å². The summed E-state index contributed by atoms with van der Waals surface area (Å²) < 4.78 is 0. The van der Waals surface area contributed by atoms with Crippen molar-refractivity contribution in [2.24, 2.45) is 17.3 Å². The molecule has 5 N–H and O–H groups in total. The van der Waals surface area contributed by atoms with Crippen LogP contribution in [0.15, 0.2) is 72.6 Å². The molecule has 406 valence electrons. The number of anilines is 3. The van der Waals surface area contributed by atoms with E-state index in [2.05, 4.69) is 41.2 Å². The number of ketones is 2. The molecule has 15 nitrogen and oxygen atoms in total. The van der Waals surface area contributed by atoms with Gasteiger partial charge in [0, 0.05) is 80.8 Å². The van der Waals surface area contributed by atoms with Crippen LogP contribution in [0, 0.1) is 24.2 Å². The van der Waals surface area contributed by atoms with Gasteiger partial charge in [-0.25, -0.2) is 15.0 Å². The lowest BCUT2D eigenvalue weighted by atomic mass is 9.77. The summed E-state index contributed by atoms with van der Waals surface area (Å²) in [6.07, 6.45) is 22.1. The van der Waals surface area contributed by atoms with Crippen molar-refractivity contribution in [1.29, 1.82) is 0 Å². The summed E-state index contributed by atoms with van der Waals surface area (Å²) in [6, 6.07) is 14.3. The van der Waals surface area contributed by atoms with E-state index in [4.69, 9.17) is 0 Å². The van der Waals surface area contributed by atoms with Crippen LogP contribution in [0.4, 0.5) is 17.3 Å². The van der Waals surface area contributed by atoms with Gasteiger partial charge in [0.2, 0.25) is 17.7 Å². The van der Waals surface area contributed by atoms with Gasteiger partial charge in [-0.1, -0.05) is 96.4 Å². The van der Waals surface area contributed by atoms with Crippen molar-refractivity contribution in [2.45, 2.75) is 187 Å². The molecule has 0 radical (unpaired) electrons. The Morgan fingerprint density at radius 1 is 0.803 bits per heavy atom. The number of aliphatic hydroxyl groups is 1. The topological polar surface area (TPSA) is 208 Å². The number of rotatable bonds is 27. The number of aromatic nitrogens is 4. The second kappa shape index (κ2) is 26.8. The zero-order valence-electron chi connectivity index (χ0n) is 45.1. The maximum Gasteiger partial charge on any atom is 0.246 e. The predicted octanol–water partition coefficient (Wildman–Crippen LogP) is 11.2. The minimum absolute atomic E-state index is 0.0384. The maximum atomic E-state index is 14.0. The van der Waals surface area contributed by atoms with Crippen LogP contribution in [-0.2, 0) is 25.7 Å². The monoisotopic (exact) mass is 1050 g/mol. The van der Waals surface area contributed by atoms with Crippen LogP contribution >= 0.6 is 11.3 Å². The van der Waals surface area contributed by atoms with Gasteiger partial charge >= 0.3 is 0 Å². The van der Waals surface area contributed by atoms with E-state index < -0.39 is 23.6 Å². The fourth-order valence-electron chi connectivity index (χ4n) is 10.8. The molecule has 0 spiro atoms. The molecule has 8 rings (SSSR count). The predicted molar refractivity (Wildman–Crippen MR) is 300 cm³/mol. The molecule has 3 fully saturated rings. The highest BCUT2D eigenvalue weighted by atomic mass is 32.1. The standard InChI is InChI=1S/C60H79N9O6S/c1-39-56(76-38-64-39)43-23-19-41(20-24-43)34-63-58(74)50-32-46(70)37-69(50)59(75)57(60(2,3)4)68-55(73)16-14-12-10-8-6-5-7-9-11-13-15-51(71)42-21-17-40(18-22-42)31-52(72)47-36-62-54(33-49(47)65-45-26-27-45)67-53-28-25-44-35-61-30-29-48(44)66-53/h19-20,23-25,28-30,33,35-36,38,40,42,45-46,50,57,70H,5-18,21-22,26-27,31-32,34,37H2,1-4H3,(H,63,74)(H,68,73)(H2,62,65,66,67)/t40?,42?,46-,50+,57+/m1/s1. The lowest BCUT2D eigenvalue weighted by molar-refractivity contribution is -0.144. The first-order valence-corrected chi connectivity index (χ1v) is 28.9. The molecule has 2 saturated carbocycles. The lowest BCUT2D eigenvalue weighted by Gasteiger charge is -2.35. The molecule has 76 heavy (non-hydrogen) atoms. The first-order valence-electron chi connectivity index (χ1n) is 28.0. The van der Waals surface area contributed by atoms with Gasteiger partial charge in [-0.2, -0.15) is 0 Å². The van der Waals surface area contributed by atoms with Crippen LogP contribution in [0.2, 0.25) is 0 Å². The van der Waals surface area contributed by atoms with Crippen LogP contribution in [0.25, 0.3) is 21.3 Å². The van der Waals surface area contributed by atoms with E-state index in [-0.39, 0.29) is 54.9 Å². The number of hydrogen-bond donors (Lipinski definition) is 5. The minimum atomic E-state index is -0.841. The number of aliphatic hydroxyl groups excluding tert-OH is 1. The van der Waals surface area contributed by atoms with E-state index in [1.165, 1.54) is 4.90 Å². The number of hydrogen-bond acceptors (Lipinski definition) is 13. The first kappa shape index (κ1) is 56.1. The highest BCUT2D eigenvalue weighted by molar-refractivity contribution is 7.13. The van der Waals surface area contributed by atoms with E-state index in [1.54, 1.807) is 29.9 Å². The third-order valence-electron chi connectivity index (χ3n) is 15.5. The fraction of sp³-hybridized carbons (Fsp3) is 0.550.